The molecule has 3 aromatic rings. The number of nitrogens with zero attached hydrogens (tertiary/aromatic N) is 2. The van der Waals surface area contributed by atoms with Gasteiger partial charge < -0.3 is 14.7 Å². The van der Waals surface area contributed by atoms with Crippen molar-refractivity contribution in [1.82, 2.24) is 15.1 Å². The number of carbonyl (C=O) groups is 2. The topological polar surface area (TPSA) is 130 Å². The van der Waals surface area contributed by atoms with E-state index in [2.05, 4.69) is 10.2 Å². The number of phenolic OH excluding ortho intramolecular Hbond substituents is 1. The van der Waals surface area contributed by atoms with Crippen LogP contribution in [-0.2, 0) is 14.6 Å². The quantitative estimate of drug-likeness (QED) is 0.563. The van der Waals surface area contributed by atoms with Crippen LogP contribution in [0.15, 0.2) is 48.5 Å². The zero-order valence-corrected chi connectivity index (χ0v) is 18.5. The lowest BCUT2D eigenvalue weighted by atomic mass is 9.94. The van der Waals surface area contributed by atoms with Gasteiger partial charge in [-0.15, -0.1) is 0 Å². The molecular weight excluding hydrogens is 446 g/mol. The number of carbonyl (C=O) groups excluding carboxylic acids is 2. The van der Waals surface area contributed by atoms with Gasteiger partial charge in [-0.25, -0.2) is 13.2 Å². The molecule has 2 aliphatic heterocycles. The molecule has 2 aromatic carbocycles. The van der Waals surface area contributed by atoms with Crippen LogP contribution >= 0.6 is 0 Å². The third kappa shape index (κ3) is 3.46. The third-order valence-corrected chi connectivity index (χ3v) is 7.96. The van der Waals surface area contributed by atoms with Gasteiger partial charge in [0.15, 0.2) is 9.84 Å². The van der Waals surface area contributed by atoms with Gasteiger partial charge in [-0.1, -0.05) is 24.3 Å². The van der Waals surface area contributed by atoms with Crippen molar-refractivity contribution in [3.63, 3.8) is 0 Å². The molecule has 170 valence electrons. The number of aromatic nitrogens is 2. The van der Waals surface area contributed by atoms with E-state index in [1.165, 1.54) is 13.2 Å². The molecule has 1 amide bonds. The number of H-pyrrole nitrogens is 1. The SMILES string of the molecule is COC(=O)c1ccc(C2c3c(-c4ccccc4O)n[nH]c3C(=O)N2C2CCS(=O)(=O)C2)cc1. The van der Waals surface area contributed by atoms with Gasteiger partial charge in [0.25, 0.3) is 5.91 Å². The Kier molecular flexibility index (Phi) is 4.97. The summed E-state index contributed by atoms with van der Waals surface area (Å²) in [7, 11) is -1.95. The lowest BCUT2D eigenvalue weighted by Crippen LogP contribution is -2.40. The van der Waals surface area contributed by atoms with Crippen LogP contribution in [0.5, 0.6) is 5.75 Å². The Morgan fingerprint density at radius 3 is 2.55 bits per heavy atom. The van der Waals surface area contributed by atoms with E-state index in [0.717, 1.165) is 0 Å². The van der Waals surface area contributed by atoms with E-state index in [1.807, 2.05) is 0 Å². The van der Waals surface area contributed by atoms with Gasteiger partial charge in [-0.3, -0.25) is 9.89 Å². The minimum atomic E-state index is -3.24. The van der Waals surface area contributed by atoms with Gasteiger partial charge in [0.1, 0.15) is 17.1 Å². The fourth-order valence-electron chi connectivity index (χ4n) is 4.66. The van der Waals surface area contributed by atoms with Gasteiger partial charge in [0.2, 0.25) is 0 Å². The number of ether oxygens (including phenoxy) is 1. The van der Waals surface area contributed by atoms with Crippen molar-refractivity contribution in [2.45, 2.75) is 18.5 Å². The molecule has 2 N–H and O–H groups in total. The Morgan fingerprint density at radius 2 is 1.91 bits per heavy atom. The number of amides is 1. The zero-order chi connectivity index (χ0) is 23.3. The van der Waals surface area contributed by atoms with Crippen LogP contribution in [0.25, 0.3) is 11.3 Å². The summed E-state index contributed by atoms with van der Waals surface area (Å²) in [5, 5.41) is 17.5. The van der Waals surface area contributed by atoms with Crippen molar-refractivity contribution >= 4 is 21.7 Å². The predicted molar refractivity (Wildman–Crippen MR) is 119 cm³/mol. The summed E-state index contributed by atoms with van der Waals surface area (Å²) in [5.41, 5.74) is 2.75. The maximum absolute atomic E-state index is 13.5. The highest BCUT2D eigenvalue weighted by molar-refractivity contribution is 7.91. The smallest absolute Gasteiger partial charge is 0.337 e. The molecule has 5 rings (SSSR count). The number of phenols is 1. The number of fused-ring (bicyclic) bond motifs is 1. The number of hydrogen-bond acceptors (Lipinski definition) is 7. The number of aromatic amines is 1. The van der Waals surface area contributed by atoms with E-state index in [-0.39, 0.29) is 28.9 Å². The van der Waals surface area contributed by atoms with Crippen LogP contribution in [0.4, 0.5) is 0 Å². The van der Waals surface area contributed by atoms with E-state index in [4.69, 9.17) is 4.74 Å². The molecule has 10 heteroatoms. The number of para-hydroxylation sites is 1. The summed E-state index contributed by atoms with van der Waals surface area (Å²) < 4.78 is 29.2. The largest absolute Gasteiger partial charge is 0.507 e. The van der Waals surface area contributed by atoms with Crippen molar-refractivity contribution in [3.05, 3.63) is 70.9 Å². The monoisotopic (exact) mass is 467 g/mol. The molecule has 0 radical (unpaired) electrons. The molecule has 1 saturated heterocycles. The standard InChI is InChI=1S/C23H21N3O6S/c1-32-23(29)14-8-6-13(7-9-14)21-18-19(16-4-2-3-5-17(16)27)24-25-20(18)22(28)26(21)15-10-11-33(30,31)12-15/h2-9,15,21,27H,10-12H2,1H3,(H,24,25). The molecule has 9 nitrogen and oxygen atoms in total. The number of methoxy groups -OCH3 is 1. The second-order valence-corrected chi connectivity index (χ2v) is 10.4. The lowest BCUT2D eigenvalue weighted by molar-refractivity contribution is 0.0599. The first-order chi connectivity index (χ1) is 15.8. The fourth-order valence-corrected chi connectivity index (χ4v) is 6.37. The molecule has 1 aromatic heterocycles. The molecule has 2 unspecified atom stereocenters. The second kappa shape index (κ2) is 7.73. The van der Waals surface area contributed by atoms with E-state index in [9.17, 15) is 23.1 Å². The Hall–Kier alpha value is -3.66. The van der Waals surface area contributed by atoms with E-state index < -0.39 is 27.9 Å². The lowest BCUT2D eigenvalue weighted by Gasteiger charge is -2.31. The molecule has 0 spiro atoms. The first-order valence-corrected chi connectivity index (χ1v) is 12.2. The molecular formula is C23H21N3O6S. The Morgan fingerprint density at radius 1 is 1.18 bits per heavy atom. The van der Waals surface area contributed by atoms with Crippen molar-refractivity contribution < 1.29 is 27.9 Å². The Balaban J connectivity index is 1.66. The molecule has 2 atom stereocenters. The predicted octanol–water partition coefficient (Wildman–Crippen LogP) is 2.30. The summed E-state index contributed by atoms with van der Waals surface area (Å²) >= 11 is 0. The van der Waals surface area contributed by atoms with Crippen LogP contribution in [0.1, 0.15) is 44.4 Å². The summed E-state index contributed by atoms with van der Waals surface area (Å²) in [6.07, 6.45) is 0.342. The molecule has 2 aliphatic rings. The van der Waals surface area contributed by atoms with Crippen LogP contribution in [0.2, 0.25) is 0 Å². The highest BCUT2D eigenvalue weighted by Crippen LogP contribution is 2.46. The molecule has 0 saturated carbocycles. The van der Waals surface area contributed by atoms with Crippen molar-refractivity contribution in [2.75, 3.05) is 18.6 Å². The van der Waals surface area contributed by atoms with Crippen LogP contribution in [0.3, 0.4) is 0 Å². The molecule has 0 bridgehead atoms. The average Bonchev–Trinajstić information content (AvgIpc) is 3.47. The third-order valence-electron chi connectivity index (χ3n) is 6.21. The van der Waals surface area contributed by atoms with Gasteiger partial charge in [-0.05, 0) is 36.2 Å². The number of nitrogens with one attached hydrogen (secondary N) is 1. The minimum absolute atomic E-state index is 0.0148. The number of sulfone groups is 1. The number of hydrogen-bond donors (Lipinski definition) is 2. The fraction of sp³-hybridized carbons (Fsp3) is 0.261. The van der Waals surface area contributed by atoms with Gasteiger partial charge in [0.05, 0.1) is 30.2 Å². The number of esters is 1. The van der Waals surface area contributed by atoms with Crippen molar-refractivity contribution in [2.24, 2.45) is 0 Å². The normalized spacial score (nSPS) is 21.2. The zero-order valence-electron chi connectivity index (χ0n) is 17.7. The van der Waals surface area contributed by atoms with Crippen molar-refractivity contribution in [3.8, 4) is 17.0 Å². The second-order valence-electron chi connectivity index (χ2n) is 8.16. The highest BCUT2D eigenvalue weighted by Gasteiger charge is 2.48. The van der Waals surface area contributed by atoms with Crippen LogP contribution in [0, 0.1) is 0 Å². The summed E-state index contributed by atoms with van der Waals surface area (Å²) in [6.45, 7) is 0. The number of rotatable bonds is 4. The molecule has 3 heterocycles. The van der Waals surface area contributed by atoms with Gasteiger partial charge in [-0.2, -0.15) is 5.10 Å². The minimum Gasteiger partial charge on any atom is -0.507 e. The maximum atomic E-state index is 13.5. The van der Waals surface area contributed by atoms with Gasteiger partial charge in [0, 0.05) is 17.2 Å². The molecule has 1 fully saturated rings. The Labute approximate surface area is 189 Å². The summed E-state index contributed by atoms with van der Waals surface area (Å²) in [5.74, 6) is -0.904. The average molecular weight is 468 g/mol. The molecule has 0 aliphatic carbocycles. The number of aromatic hydroxyl groups is 1. The first-order valence-electron chi connectivity index (χ1n) is 10.4. The first kappa shape index (κ1) is 21.2. The highest BCUT2D eigenvalue weighted by atomic mass is 32.2. The van der Waals surface area contributed by atoms with E-state index in [0.29, 0.717) is 34.4 Å². The maximum Gasteiger partial charge on any atom is 0.337 e. The van der Waals surface area contributed by atoms with E-state index in [1.54, 1.807) is 47.4 Å². The van der Waals surface area contributed by atoms with Crippen LogP contribution < -0.4 is 0 Å². The molecule has 33 heavy (non-hydrogen) atoms. The number of benzene rings is 2. The van der Waals surface area contributed by atoms with Crippen LogP contribution in [-0.4, -0.2) is 65.2 Å². The van der Waals surface area contributed by atoms with E-state index >= 15 is 0 Å². The summed E-state index contributed by atoms with van der Waals surface area (Å²) in [4.78, 5) is 26.9. The van der Waals surface area contributed by atoms with Crippen molar-refractivity contribution in [1.29, 1.82) is 0 Å². The van der Waals surface area contributed by atoms with Gasteiger partial charge >= 0.3 is 5.97 Å². The summed E-state index contributed by atoms with van der Waals surface area (Å²) in [6, 6.07) is 12.2. The Bertz CT molecular complexity index is 1360.